The lowest BCUT2D eigenvalue weighted by atomic mass is 9.96. The maximum Gasteiger partial charge on any atom is 0.314 e. The molecule has 17 heavy (non-hydrogen) atoms. The number of hydrogen-bond donors (Lipinski definition) is 1. The van der Waals surface area contributed by atoms with Crippen molar-refractivity contribution >= 4 is 5.97 Å². The zero-order chi connectivity index (χ0) is 12.5. The monoisotopic (exact) mass is 236 g/mol. The maximum absolute atomic E-state index is 11.2. The van der Waals surface area contributed by atoms with Gasteiger partial charge in [0.25, 0.3) is 0 Å². The van der Waals surface area contributed by atoms with Gasteiger partial charge in [0.15, 0.2) is 11.5 Å². The molecule has 2 rings (SSSR count). The second-order valence-corrected chi connectivity index (χ2v) is 4.19. The van der Waals surface area contributed by atoms with E-state index in [1.807, 2.05) is 13.0 Å². The number of benzene rings is 1. The van der Waals surface area contributed by atoms with E-state index in [0.717, 1.165) is 5.56 Å². The van der Waals surface area contributed by atoms with Crippen LogP contribution in [0.15, 0.2) is 18.2 Å². The number of carboxylic acids is 1. The van der Waals surface area contributed by atoms with Crippen molar-refractivity contribution in [1.82, 2.24) is 0 Å². The van der Waals surface area contributed by atoms with Crippen molar-refractivity contribution in [3.63, 3.8) is 0 Å². The molecule has 0 saturated heterocycles. The molecule has 0 aliphatic heterocycles. The van der Waals surface area contributed by atoms with Crippen LogP contribution in [0.5, 0.6) is 11.5 Å². The van der Waals surface area contributed by atoms with Gasteiger partial charge in [-0.3, -0.25) is 4.79 Å². The van der Waals surface area contributed by atoms with Gasteiger partial charge >= 0.3 is 5.97 Å². The first-order chi connectivity index (χ1) is 8.14. The Hall–Kier alpha value is -1.71. The van der Waals surface area contributed by atoms with Gasteiger partial charge in [-0.05, 0) is 37.5 Å². The van der Waals surface area contributed by atoms with E-state index in [-0.39, 0.29) is 0 Å². The molecule has 1 fully saturated rings. The summed E-state index contributed by atoms with van der Waals surface area (Å²) in [5.74, 6) is 0.488. The quantitative estimate of drug-likeness (QED) is 0.851. The molecule has 1 aliphatic rings. The number of aliphatic carboxylic acids is 1. The van der Waals surface area contributed by atoms with Gasteiger partial charge in [0, 0.05) is 0 Å². The van der Waals surface area contributed by atoms with Gasteiger partial charge in [0.1, 0.15) is 0 Å². The van der Waals surface area contributed by atoms with Crippen LogP contribution < -0.4 is 9.47 Å². The van der Waals surface area contributed by atoms with E-state index >= 15 is 0 Å². The van der Waals surface area contributed by atoms with Gasteiger partial charge in [-0.25, -0.2) is 0 Å². The molecule has 0 bridgehead atoms. The largest absolute Gasteiger partial charge is 0.493 e. The number of hydrogen-bond acceptors (Lipinski definition) is 3. The molecule has 1 aromatic carbocycles. The summed E-state index contributed by atoms with van der Waals surface area (Å²) in [5.41, 5.74) is 0.104. The molecule has 4 heteroatoms. The summed E-state index contributed by atoms with van der Waals surface area (Å²) >= 11 is 0. The van der Waals surface area contributed by atoms with Crippen molar-refractivity contribution in [2.75, 3.05) is 13.7 Å². The van der Waals surface area contributed by atoms with Crippen molar-refractivity contribution in [3.8, 4) is 11.5 Å². The number of carbonyl (C=O) groups is 1. The third-order valence-electron chi connectivity index (χ3n) is 3.18. The first-order valence-electron chi connectivity index (χ1n) is 5.69. The summed E-state index contributed by atoms with van der Waals surface area (Å²) in [4.78, 5) is 11.2. The van der Waals surface area contributed by atoms with Crippen LogP contribution in [0.25, 0.3) is 0 Å². The van der Waals surface area contributed by atoms with Crippen molar-refractivity contribution in [2.45, 2.75) is 25.2 Å². The topological polar surface area (TPSA) is 55.8 Å². The van der Waals surface area contributed by atoms with E-state index in [2.05, 4.69) is 0 Å². The minimum Gasteiger partial charge on any atom is -0.493 e. The van der Waals surface area contributed by atoms with Crippen LogP contribution >= 0.6 is 0 Å². The highest BCUT2D eigenvalue weighted by Gasteiger charge is 2.51. The van der Waals surface area contributed by atoms with Crippen molar-refractivity contribution in [3.05, 3.63) is 23.8 Å². The van der Waals surface area contributed by atoms with Gasteiger partial charge < -0.3 is 14.6 Å². The van der Waals surface area contributed by atoms with Crippen molar-refractivity contribution in [2.24, 2.45) is 0 Å². The third kappa shape index (κ3) is 1.95. The van der Waals surface area contributed by atoms with Gasteiger partial charge in [-0.15, -0.1) is 0 Å². The van der Waals surface area contributed by atoms with Gasteiger partial charge in [-0.1, -0.05) is 6.07 Å². The van der Waals surface area contributed by atoms with Crippen LogP contribution in [0.2, 0.25) is 0 Å². The number of carboxylic acid groups (broad SMARTS) is 1. The Balaban J connectivity index is 2.37. The molecule has 0 radical (unpaired) electrons. The lowest BCUT2D eigenvalue weighted by Gasteiger charge is -2.14. The summed E-state index contributed by atoms with van der Waals surface area (Å²) in [7, 11) is 1.57. The Morgan fingerprint density at radius 3 is 2.59 bits per heavy atom. The Bertz CT molecular complexity index is 435. The minimum absolute atomic E-state index is 0.528. The molecule has 92 valence electrons. The number of methoxy groups -OCH3 is 1. The SMILES string of the molecule is CCOc1cc(C2(C(=O)O)CC2)ccc1OC. The fourth-order valence-corrected chi connectivity index (χ4v) is 1.99. The summed E-state index contributed by atoms with van der Waals surface area (Å²) < 4.78 is 10.6. The molecule has 1 aromatic rings. The fraction of sp³-hybridized carbons (Fsp3) is 0.462. The van der Waals surface area contributed by atoms with Crippen LogP contribution in [-0.4, -0.2) is 24.8 Å². The van der Waals surface area contributed by atoms with Crippen LogP contribution in [0.1, 0.15) is 25.3 Å². The molecule has 0 amide bonds. The van der Waals surface area contributed by atoms with E-state index in [9.17, 15) is 9.90 Å². The predicted octanol–water partition coefficient (Wildman–Crippen LogP) is 2.21. The predicted molar refractivity (Wildman–Crippen MR) is 62.7 cm³/mol. The minimum atomic E-state index is -0.759. The van der Waals surface area contributed by atoms with Gasteiger partial charge in [-0.2, -0.15) is 0 Å². The highest BCUT2D eigenvalue weighted by atomic mass is 16.5. The molecule has 4 nitrogen and oxygen atoms in total. The molecule has 1 aliphatic carbocycles. The molecule has 0 aromatic heterocycles. The smallest absolute Gasteiger partial charge is 0.314 e. The molecule has 0 heterocycles. The summed E-state index contributed by atoms with van der Waals surface area (Å²) in [6.45, 7) is 2.41. The molecular weight excluding hydrogens is 220 g/mol. The van der Waals surface area contributed by atoms with Gasteiger partial charge in [0.05, 0.1) is 19.1 Å². The van der Waals surface area contributed by atoms with E-state index in [1.54, 1.807) is 19.2 Å². The summed E-state index contributed by atoms with van der Waals surface area (Å²) in [6.07, 6.45) is 1.39. The molecule has 0 spiro atoms. The number of rotatable bonds is 5. The molecule has 1 N–H and O–H groups in total. The zero-order valence-electron chi connectivity index (χ0n) is 10.0. The van der Waals surface area contributed by atoms with Crippen LogP contribution in [-0.2, 0) is 10.2 Å². The lowest BCUT2D eigenvalue weighted by molar-refractivity contribution is -0.140. The van der Waals surface area contributed by atoms with Crippen LogP contribution in [0, 0.1) is 0 Å². The first-order valence-corrected chi connectivity index (χ1v) is 5.69. The second kappa shape index (κ2) is 4.28. The fourth-order valence-electron chi connectivity index (χ4n) is 1.99. The first kappa shape index (κ1) is 11.8. The highest BCUT2D eigenvalue weighted by molar-refractivity contribution is 5.85. The maximum atomic E-state index is 11.2. The van der Waals surface area contributed by atoms with E-state index in [4.69, 9.17) is 9.47 Å². The van der Waals surface area contributed by atoms with E-state index in [1.165, 1.54) is 0 Å². The average molecular weight is 236 g/mol. The summed E-state index contributed by atoms with van der Waals surface area (Å²) in [6, 6.07) is 5.36. The molecule has 0 unspecified atom stereocenters. The normalized spacial score (nSPS) is 16.4. The average Bonchev–Trinajstić information content (AvgIpc) is 3.10. The third-order valence-corrected chi connectivity index (χ3v) is 3.18. The summed E-state index contributed by atoms with van der Waals surface area (Å²) in [5, 5.41) is 9.23. The lowest BCUT2D eigenvalue weighted by Crippen LogP contribution is -2.19. The van der Waals surface area contributed by atoms with Crippen LogP contribution in [0.4, 0.5) is 0 Å². The second-order valence-electron chi connectivity index (χ2n) is 4.19. The van der Waals surface area contributed by atoms with Crippen molar-refractivity contribution in [1.29, 1.82) is 0 Å². The standard InChI is InChI=1S/C13H16O4/c1-3-17-11-8-9(4-5-10(11)16-2)13(6-7-13)12(14)15/h4-5,8H,3,6-7H2,1-2H3,(H,14,15). The zero-order valence-corrected chi connectivity index (χ0v) is 10.0. The van der Waals surface area contributed by atoms with Gasteiger partial charge in [0.2, 0.25) is 0 Å². The Morgan fingerprint density at radius 2 is 2.12 bits per heavy atom. The Kier molecular flexibility index (Phi) is 2.96. The van der Waals surface area contributed by atoms with Crippen LogP contribution in [0.3, 0.4) is 0 Å². The van der Waals surface area contributed by atoms with E-state index in [0.29, 0.717) is 30.9 Å². The Morgan fingerprint density at radius 1 is 1.41 bits per heavy atom. The molecule has 0 atom stereocenters. The van der Waals surface area contributed by atoms with E-state index < -0.39 is 11.4 Å². The number of ether oxygens (including phenoxy) is 2. The van der Waals surface area contributed by atoms with Crippen molar-refractivity contribution < 1.29 is 19.4 Å². The Labute approximate surface area is 100 Å². The highest BCUT2D eigenvalue weighted by Crippen LogP contribution is 2.50. The molecular formula is C13H16O4. The molecule has 1 saturated carbocycles.